The molecule has 2 aromatic heterocycles. The van der Waals surface area contributed by atoms with Crippen molar-refractivity contribution in [3.63, 3.8) is 0 Å². The zero-order valence-corrected chi connectivity index (χ0v) is 15.9. The Labute approximate surface area is 154 Å². The molecule has 0 spiro atoms. The van der Waals surface area contributed by atoms with Crippen molar-refractivity contribution in [2.75, 3.05) is 25.5 Å². The standard InChI is InChI=1S/C19H27N5O2/c1-12-7-16(9-19(20-12)26-4)8-15-5-6-24(11-15)13(2)17-10-18(23-22-17)21-14(3)25/h7,9-10,13,15H,5-6,8,11H2,1-4H3,(H2,21,22,23,25)/t13?,15-/m1/s1. The molecule has 1 fully saturated rings. The highest BCUT2D eigenvalue weighted by Crippen LogP contribution is 2.29. The Balaban J connectivity index is 1.60. The Hall–Kier alpha value is -2.41. The lowest BCUT2D eigenvalue weighted by Crippen LogP contribution is -2.25. The van der Waals surface area contributed by atoms with Gasteiger partial charge in [-0.3, -0.25) is 14.8 Å². The Bertz CT molecular complexity index is 773. The van der Waals surface area contributed by atoms with Crippen molar-refractivity contribution in [2.45, 2.75) is 39.7 Å². The first-order chi connectivity index (χ1) is 12.4. The molecule has 0 radical (unpaired) electrons. The minimum Gasteiger partial charge on any atom is -0.481 e. The largest absolute Gasteiger partial charge is 0.481 e. The molecule has 0 bridgehead atoms. The van der Waals surface area contributed by atoms with Gasteiger partial charge in [-0.15, -0.1) is 0 Å². The van der Waals surface area contributed by atoms with E-state index in [4.69, 9.17) is 4.74 Å². The van der Waals surface area contributed by atoms with Gasteiger partial charge in [0.25, 0.3) is 0 Å². The number of anilines is 1. The summed E-state index contributed by atoms with van der Waals surface area (Å²) in [6.45, 7) is 7.76. The number of aryl methyl sites for hydroxylation is 1. The number of methoxy groups -OCH3 is 1. The maximum Gasteiger partial charge on any atom is 0.222 e. The average molecular weight is 357 g/mol. The first kappa shape index (κ1) is 18.4. The molecule has 2 N–H and O–H groups in total. The van der Waals surface area contributed by atoms with E-state index < -0.39 is 0 Å². The fraction of sp³-hybridized carbons (Fsp3) is 0.526. The third-order valence-corrected chi connectivity index (χ3v) is 4.94. The van der Waals surface area contributed by atoms with Crippen molar-refractivity contribution in [1.82, 2.24) is 20.1 Å². The predicted molar refractivity (Wildman–Crippen MR) is 100 cm³/mol. The van der Waals surface area contributed by atoms with Crippen LogP contribution in [0, 0.1) is 12.8 Å². The molecule has 3 rings (SSSR count). The predicted octanol–water partition coefficient (Wildman–Crippen LogP) is 2.71. The molecule has 7 heteroatoms. The van der Waals surface area contributed by atoms with Crippen LogP contribution >= 0.6 is 0 Å². The number of nitrogens with zero attached hydrogens (tertiary/aromatic N) is 3. The molecule has 0 saturated carbocycles. The molecule has 1 unspecified atom stereocenters. The number of aromatic nitrogens is 3. The number of rotatable bonds is 6. The highest BCUT2D eigenvalue weighted by Gasteiger charge is 2.28. The zero-order chi connectivity index (χ0) is 18.7. The number of likely N-dealkylation sites (tertiary alicyclic amines) is 1. The van der Waals surface area contributed by atoms with E-state index in [2.05, 4.69) is 38.4 Å². The van der Waals surface area contributed by atoms with Crippen molar-refractivity contribution in [1.29, 1.82) is 0 Å². The Kier molecular flexibility index (Phi) is 5.56. The van der Waals surface area contributed by atoms with Crippen LogP contribution in [0.2, 0.25) is 0 Å². The van der Waals surface area contributed by atoms with Crippen molar-refractivity contribution < 1.29 is 9.53 Å². The van der Waals surface area contributed by atoms with E-state index in [1.54, 1.807) is 7.11 Å². The number of carbonyl (C=O) groups excluding carboxylic acids is 1. The monoisotopic (exact) mass is 357 g/mol. The molecular formula is C19H27N5O2. The van der Waals surface area contributed by atoms with Gasteiger partial charge in [-0.2, -0.15) is 5.10 Å². The summed E-state index contributed by atoms with van der Waals surface area (Å²) in [5.74, 6) is 1.77. The van der Waals surface area contributed by atoms with Crippen LogP contribution in [0.5, 0.6) is 5.88 Å². The highest BCUT2D eigenvalue weighted by molar-refractivity contribution is 5.87. The van der Waals surface area contributed by atoms with E-state index in [1.165, 1.54) is 18.9 Å². The number of aromatic amines is 1. The van der Waals surface area contributed by atoms with Crippen LogP contribution in [0.4, 0.5) is 5.82 Å². The maximum atomic E-state index is 11.1. The smallest absolute Gasteiger partial charge is 0.222 e. The normalized spacial score (nSPS) is 18.7. The van der Waals surface area contributed by atoms with Crippen LogP contribution in [-0.2, 0) is 11.2 Å². The van der Waals surface area contributed by atoms with Gasteiger partial charge in [-0.25, -0.2) is 4.98 Å². The van der Waals surface area contributed by atoms with Gasteiger partial charge in [0.15, 0.2) is 5.82 Å². The van der Waals surface area contributed by atoms with E-state index in [0.29, 0.717) is 17.6 Å². The van der Waals surface area contributed by atoms with Crippen LogP contribution in [0.1, 0.15) is 43.3 Å². The van der Waals surface area contributed by atoms with E-state index in [9.17, 15) is 4.79 Å². The van der Waals surface area contributed by atoms with Gasteiger partial charge in [-0.1, -0.05) is 0 Å². The van der Waals surface area contributed by atoms with Crippen LogP contribution in [-0.4, -0.2) is 46.2 Å². The number of amides is 1. The van der Waals surface area contributed by atoms with E-state index >= 15 is 0 Å². The van der Waals surface area contributed by atoms with Gasteiger partial charge in [0.1, 0.15) is 0 Å². The number of H-pyrrole nitrogens is 1. The summed E-state index contributed by atoms with van der Waals surface area (Å²) < 4.78 is 5.28. The number of nitrogens with one attached hydrogen (secondary N) is 2. The molecular weight excluding hydrogens is 330 g/mol. The topological polar surface area (TPSA) is 83.1 Å². The first-order valence-corrected chi connectivity index (χ1v) is 9.03. The SMILES string of the molecule is COc1cc(C[C@H]2CCN(C(C)c3cc(NC(C)=O)n[nH]3)C2)cc(C)n1. The second-order valence-corrected chi connectivity index (χ2v) is 7.08. The van der Waals surface area contributed by atoms with Crippen molar-refractivity contribution in [3.05, 3.63) is 35.2 Å². The summed E-state index contributed by atoms with van der Waals surface area (Å²) in [6, 6.07) is 6.33. The van der Waals surface area contributed by atoms with Crippen LogP contribution in [0.3, 0.4) is 0 Å². The Morgan fingerprint density at radius 3 is 3.00 bits per heavy atom. The number of carbonyl (C=O) groups is 1. The average Bonchev–Trinajstić information content (AvgIpc) is 3.22. The lowest BCUT2D eigenvalue weighted by atomic mass is 9.99. The molecule has 1 aliphatic rings. The molecule has 140 valence electrons. The fourth-order valence-corrected chi connectivity index (χ4v) is 3.64. The molecule has 1 aliphatic heterocycles. The van der Waals surface area contributed by atoms with Gasteiger partial charge in [0.2, 0.25) is 11.8 Å². The first-order valence-electron chi connectivity index (χ1n) is 9.03. The van der Waals surface area contributed by atoms with Crippen LogP contribution < -0.4 is 10.1 Å². The van der Waals surface area contributed by atoms with E-state index in [0.717, 1.165) is 30.9 Å². The fourth-order valence-electron chi connectivity index (χ4n) is 3.64. The lowest BCUT2D eigenvalue weighted by Gasteiger charge is -2.23. The molecule has 2 atom stereocenters. The lowest BCUT2D eigenvalue weighted by molar-refractivity contribution is -0.114. The highest BCUT2D eigenvalue weighted by atomic mass is 16.5. The number of pyridine rings is 1. The molecule has 7 nitrogen and oxygen atoms in total. The number of hydrogen-bond acceptors (Lipinski definition) is 5. The quantitative estimate of drug-likeness (QED) is 0.830. The molecule has 2 aromatic rings. The Morgan fingerprint density at radius 2 is 2.27 bits per heavy atom. The van der Waals surface area contributed by atoms with Gasteiger partial charge in [-0.05, 0) is 50.8 Å². The molecule has 1 amide bonds. The minimum atomic E-state index is -0.111. The van der Waals surface area contributed by atoms with Crippen LogP contribution in [0.15, 0.2) is 18.2 Å². The van der Waals surface area contributed by atoms with Gasteiger partial charge >= 0.3 is 0 Å². The molecule has 3 heterocycles. The molecule has 26 heavy (non-hydrogen) atoms. The second kappa shape index (κ2) is 7.86. The molecule has 1 saturated heterocycles. The van der Waals surface area contributed by atoms with Gasteiger partial charge < -0.3 is 10.1 Å². The Morgan fingerprint density at radius 1 is 1.46 bits per heavy atom. The second-order valence-electron chi connectivity index (χ2n) is 7.08. The summed E-state index contributed by atoms with van der Waals surface area (Å²) >= 11 is 0. The zero-order valence-electron chi connectivity index (χ0n) is 15.9. The van der Waals surface area contributed by atoms with Crippen molar-refractivity contribution in [3.8, 4) is 5.88 Å². The van der Waals surface area contributed by atoms with Crippen molar-refractivity contribution >= 4 is 11.7 Å². The maximum absolute atomic E-state index is 11.1. The third kappa shape index (κ3) is 4.40. The summed E-state index contributed by atoms with van der Waals surface area (Å²) in [5, 5.41) is 9.91. The van der Waals surface area contributed by atoms with Crippen molar-refractivity contribution in [2.24, 2.45) is 5.92 Å². The summed E-state index contributed by atoms with van der Waals surface area (Å²) in [7, 11) is 1.66. The molecule has 0 aliphatic carbocycles. The summed E-state index contributed by atoms with van der Waals surface area (Å²) in [6.07, 6.45) is 2.20. The minimum absolute atomic E-state index is 0.111. The third-order valence-electron chi connectivity index (χ3n) is 4.94. The van der Waals surface area contributed by atoms with Gasteiger partial charge in [0.05, 0.1) is 12.8 Å². The summed E-state index contributed by atoms with van der Waals surface area (Å²) in [4.78, 5) is 18.0. The van der Waals surface area contributed by atoms with E-state index in [-0.39, 0.29) is 11.9 Å². The van der Waals surface area contributed by atoms with Crippen LogP contribution in [0.25, 0.3) is 0 Å². The number of hydrogen-bond donors (Lipinski definition) is 2. The summed E-state index contributed by atoms with van der Waals surface area (Å²) in [5.41, 5.74) is 3.30. The number of ether oxygens (including phenoxy) is 1. The van der Waals surface area contributed by atoms with E-state index in [1.807, 2.05) is 19.1 Å². The molecule has 0 aromatic carbocycles. The van der Waals surface area contributed by atoms with Gasteiger partial charge in [0, 0.05) is 37.3 Å².